The van der Waals surface area contributed by atoms with Crippen molar-refractivity contribution in [2.24, 2.45) is 0 Å². The van der Waals surface area contributed by atoms with Gasteiger partial charge in [0.15, 0.2) is 5.69 Å². The van der Waals surface area contributed by atoms with E-state index in [9.17, 15) is 9.59 Å². The standard InChI is InChI=1S/C11H14N2O3/c1-5(2)7-8(11(15)16)12-9(6-3-4-6)13-10(7)14/h5-6H,3-4H2,1-2H3,(H,15,16)(H,12,13,14). The lowest BCUT2D eigenvalue weighted by atomic mass is 10.0. The Labute approximate surface area is 92.5 Å². The van der Waals surface area contributed by atoms with Crippen LogP contribution in [0.3, 0.4) is 0 Å². The third-order valence-electron chi connectivity index (χ3n) is 2.72. The van der Waals surface area contributed by atoms with Crippen LogP contribution >= 0.6 is 0 Å². The van der Waals surface area contributed by atoms with Crippen molar-refractivity contribution in [1.29, 1.82) is 0 Å². The molecule has 0 bridgehead atoms. The van der Waals surface area contributed by atoms with Crippen LogP contribution in [0, 0.1) is 0 Å². The molecule has 1 aliphatic rings. The Morgan fingerprint density at radius 2 is 2.12 bits per heavy atom. The van der Waals surface area contributed by atoms with Crippen LogP contribution in [0.5, 0.6) is 0 Å². The highest BCUT2D eigenvalue weighted by molar-refractivity contribution is 5.87. The maximum atomic E-state index is 11.8. The van der Waals surface area contributed by atoms with Crippen LogP contribution < -0.4 is 5.56 Å². The average molecular weight is 222 g/mol. The number of carboxylic acids is 1. The average Bonchev–Trinajstić information content (AvgIpc) is 2.98. The fourth-order valence-corrected chi connectivity index (χ4v) is 1.75. The van der Waals surface area contributed by atoms with Gasteiger partial charge in [0.05, 0.1) is 5.56 Å². The highest BCUT2D eigenvalue weighted by atomic mass is 16.4. The van der Waals surface area contributed by atoms with E-state index in [1.165, 1.54) is 0 Å². The van der Waals surface area contributed by atoms with Crippen molar-refractivity contribution in [2.45, 2.75) is 38.5 Å². The summed E-state index contributed by atoms with van der Waals surface area (Å²) >= 11 is 0. The van der Waals surface area contributed by atoms with Gasteiger partial charge >= 0.3 is 5.97 Å². The van der Waals surface area contributed by atoms with E-state index in [2.05, 4.69) is 9.97 Å². The molecule has 0 amide bonds. The number of H-pyrrole nitrogens is 1. The van der Waals surface area contributed by atoms with Crippen LogP contribution in [-0.2, 0) is 0 Å². The van der Waals surface area contributed by atoms with Gasteiger partial charge in [0.25, 0.3) is 5.56 Å². The number of rotatable bonds is 3. The number of aromatic carboxylic acids is 1. The fourth-order valence-electron chi connectivity index (χ4n) is 1.75. The van der Waals surface area contributed by atoms with Gasteiger partial charge in [0.1, 0.15) is 5.82 Å². The minimum Gasteiger partial charge on any atom is -0.476 e. The Morgan fingerprint density at radius 3 is 2.56 bits per heavy atom. The van der Waals surface area contributed by atoms with Crippen molar-refractivity contribution >= 4 is 5.97 Å². The lowest BCUT2D eigenvalue weighted by molar-refractivity contribution is 0.0687. The van der Waals surface area contributed by atoms with Gasteiger partial charge in [-0.25, -0.2) is 9.78 Å². The van der Waals surface area contributed by atoms with Gasteiger partial charge < -0.3 is 10.1 Å². The van der Waals surface area contributed by atoms with Gasteiger partial charge in [-0.2, -0.15) is 0 Å². The molecule has 1 heterocycles. The molecule has 2 rings (SSSR count). The first-order valence-corrected chi connectivity index (χ1v) is 5.38. The lowest BCUT2D eigenvalue weighted by Gasteiger charge is -2.09. The molecule has 1 fully saturated rings. The molecule has 0 atom stereocenters. The SMILES string of the molecule is CC(C)c1c(C(=O)O)nc(C2CC2)[nH]c1=O. The number of nitrogens with one attached hydrogen (secondary N) is 1. The molecule has 0 aliphatic heterocycles. The summed E-state index contributed by atoms with van der Waals surface area (Å²) in [4.78, 5) is 29.6. The normalized spacial score (nSPS) is 15.4. The van der Waals surface area contributed by atoms with Crippen molar-refractivity contribution in [2.75, 3.05) is 0 Å². The van der Waals surface area contributed by atoms with Crippen molar-refractivity contribution < 1.29 is 9.90 Å². The van der Waals surface area contributed by atoms with E-state index in [0.29, 0.717) is 5.82 Å². The molecule has 0 saturated heterocycles. The van der Waals surface area contributed by atoms with Gasteiger partial charge in [0, 0.05) is 5.92 Å². The molecular weight excluding hydrogens is 208 g/mol. The molecule has 0 unspecified atom stereocenters. The Balaban J connectivity index is 2.60. The van der Waals surface area contributed by atoms with Gasteiger partial charge in [-0.1, -0.05) is 13.8 Å². The Hall–Kier alpha value is -1.65. The topological polar surface area (TPSA) is 83.0 Å². The summed E-state index contributed by atoms with van der Waals surface area (Å²) in [5.74, 6) is -0.508. The Morgan fingerprint density at radius 1 is 1.50 bits per heavy atom. The number of aromatic amines is 1. The first-order valence-electron chi connectivity index (χ1n) is 5.38. The number of hydrogen-bond donors (Lipinski definition) is 2. The quantitative estimate of drug-likeness (QED) is 0.811. The summed E-state index contributed by atoms with van der Waals surface area (Å²) in [5.41, 5.74) is -0.151. The molecule has 0 spiro atoms. The second-order valence-electron chi connectivity index (χ2n) is 4.45. The highest BCUT2D eigenvalue weighted by Gasteiger charge is 2.29. The molecule has 0 radical (unpaired) electrons. The van der Waals surface area contributed by atoms with Gasteiger partial charge in [-0.05, 0) is 18.8 Å². The Kier molecular flexibility index (Phi) is 2.53. The Bertz CT molecular complexity index is 486. The van der Waals surface area contributed by atoms with Crippen LogP contribution in [0.1, 0.15) is 60.4 Å². The zero-order chi connectivity index (χ0) is 11.9. The summed E-state index contributed by atoms with van der Waals surface area (Å²) in [6, 6.07) is 0. The summed E-state index contributed by atoms with van der Waals surface area (Å²) in [6.45, 7) is 3.57. The molecule has 1 saturated carbocycles. The number of hydrogen-bond acceptors (Lipinski definition) is 3. The number of carbonyl (C=O) groups is 1. The molecule has 16 heavy (non-hydrogen) atoms. The van der Waals surface area contributed by atoms with Crippen LogP contribution in [-0.4, -0.2) is 21.0 Å². The summed E-state index contributed by atoms with van der Waals surface area (Å²) in [5, 5.41) is 9.05. The van der Waals surface area contributed by atoms with E-state index < -0.39 is 5.97 Å². The second kappa shape index (κ2) is 3.73. The van der Waals surface area contributed by atoms with E-state index in [1.807, 2.05) is 0 Å². The minimum absolute atomic E-state index is 0.0966. The maximum Gasteiger partial charge on any atom is 0.355 e. The second-order valence-corrected chi connectivity index (χ2v) is 4.45. The smallest absolute Gasteiger partial charge is 0.355 e. The molecular formula is C11H14N2O3. The van der Waals surface area contributed by atoms with Crippen molar-refractivity contribution in [3.63, 3.8) is 0 Å². The van der Waals surface area contributed by atoms with Crippen LogP contribution in [0.15, 0.2) is 4.79 Å². The molecule has 1 aromatic heterocycles. The fraction of sp³-hybridized carbons (Fsp3) is 0.545. The van der Waals surface area contributed by atoms with Crippen LogP contribution in [0.2, 0.25) is 0 Å². The third kappa shape index (κ3) is 1.85. The molecule has 5 nitrogen and oxygen atoms in total. The van der Waals surface area contributed by atoms with Gasteiger partial charge in [0.2, 0.25) is 0 Å². The molecule has 86 valence electrons. The van der Waals surface area contributed by atoms with E-state index in [-0.39, 0.29) is 28.7 Å². The number of nitrogens with zero attached hydrogens (tertiary/aromatic N) is 1. The van der Waals surface area contributed by atoms with Crippen LogP contribution in [0.4, 0.5) is 0 Å². The monoisotopic (exact) mass is 222 g/mol. The van der Waals surface area contributed by atoms with Gasteiger partial charge in [-0.15, -0.1) is 0 Å². The van der Waals surface area contributed by atoms with E-state index >= 15 is 0 Å². The van der Waals surface area contributed by atoms with E-state index in [0.717, 1.165) is 12.8 Å². The third-order valence-corrected chi connectivity index (χ3v) is 2.72. The van der Waals surface area contributed by atoms with Crippen molar-refractivity contribution in [1.82, 2.24) is 9.97 Å². The predicted octanol–water partition coefficient (Wildman–Crippen LogP) is 1.47. The maximum absolute atomic E-state index is 11.8. The van der Waals surface area contributed by atoms with Gasteiger partial charge in [-0.3, -0.25) is 4.79 Å². The van der Waals surface area contributed by atoms with E-state index in [4.69, 9.17) is 5.11 Å². The number of aromatic nitrogens is 2. The predicted molar refractivity (Wildman–Crippen MR) is 57.9 cm³/mol. The summed E-state index contributed by atoms with van der Waals surface area (Å²) in [6.07, 6.45) is 1.95. The summed E-state index contributed by atoms with van der Waals surface area (Å²) < 4.78 is 0. The number of carboxylic acid groups (broad SMARTS) is 1. The summed E-state index contributed by atoms with van der Waals surface area (Å²) in [7, 11) is 0. The van der Waals surface area contributed by atoms with Crippen molar-refractivity contribution in [3.8, 4) is 0 Å². The van der Waals surface area contributed by atoms with Crippen LogP contribution in [0.25, 0.3) is 0 Å². The zero-order valence-electron chi connectivity index (χ0n) is 9.28. The first kappa shape index (κ1) is 10.9. The minimum atomic E-state index is -1.13. The zero-order valence-corrected chi connectivity index (χ0v) is 9.28. The molecule has 0 aromatic carbocycles. The molecule has 1 aliphatic carbocycles. The largest absolute Gasteiger partial charge is 0.476 e. The molecule has 1 aromatic rings. The molecule has 2 N–H and O–H groups in total. The highest BCUT2D eigenvalue weighted by Crippen LogP contribution is 2.37. The van der Waals surface area contributed by atoms with E-state index in [1.54, 1.807) is 13.8 Å². The lowest BCUT2D eigenvalue weighted by Crippen LogP contribution is -2.23. The molecule has 5 heteroatoms. The van der Waals surface area contributed by atoms with Crippen molar-refractivity contribution in [3.05, 3.63) is 27.4 Å². The first-order chi connectivity index (χ1) is 7.50.